The standard InChI is InChI=1S/C26H53NO5/c1-2-3-4-5-6-7-8-9-10-11-12-13-14-15-16-17-26(29)27-18-20-30-22-24-32-25-23-31-21-19-28/h28H,2-25H2,1H3,(H,27,29). The van der Waals surface area contributed by atoms with Crippen LogP contribution in [0.4, 0.5) is 0 Å². The highest BCUT2D eigenvalue weighted by Gasteiger charge is 2.01. The van der Waals surface area contributed by atoms with Gasteiger partial charge in [-0.1, -0.05) is 96.8 Å². The Hall–Kier alpha value is -0.690. The number of ether oxygens (including phenoxy) is 3. The van der Waals surface area contributed by atoms with Crippen molar-refractivity contribution in [3.8, 4) is 0 Å². The molecule has 0 saturated heterocycles. The lowest BCUT2D eigenvalue weighted by atomic mass is 10.0. The third kappa shape index (κ3) is 27.3. The number of carbonyl (C=O) groups is 1. The van der Waals surface area contributed by atoms with Crippen LogP contribution in [0.15, 0.2) is 0 Å². The monoisotopic (exact) mass is 459 g/mol. The molecule has 192 valence electrons. The molecular formula is C26H53NO5. The number of rotatable bonds is 27. The zero-order valence-electron chi connectivity index (χ0n) is 21.1. The molecule has 2 N–H and O–H groups in total. The Kier molecular flexibility index (Phi) is 27.7. The van der Waals surface area contributed by atoms with Gasteiger partial charge in [-0.15, -0.1) is 0 Å². The van der Waals surface area contributed by atoms with E-state index in [9.17, 15) is 4.79 Å². The summed E-state index contributed by atoms with van der Waals surface area (Å²) in [6.07, 6.45) is 20.7. The zero-order chi connectivity index (χ0) is 23.4. The Morgan fingerprint density at radius 1 is 0.594 bits per heavy atom. The molecule has 6 heteroatoms. The van der Waals surface area contributed by atoms with Gasteiger partial charge in [0.15, 0.2) is 0 Å². The van der Waals surface area contributed by atoms with Crippen molar-refractivity contribution in [2.24, 2.45) is 0 Å². The Morgan fingerprint density at radius 2 is 1.00 bits per heavy atom. The fraction of sp³-hybridized carbons (Fsp3) is 0.962. The molecule has 0 aromatic rings. The second kappa shape index (κ2) is 28.3. The lowest BCUT2D eigenvalue weighted by Gasteiger charge is -2.07. The number of aliphatic hydroxyl groups excluding tert-OH is 1. The topological polar surface area (TPSA) is 77.0 Å². The van der Waals surface area contributed by atoms with E-state index in [0.717, 1.165) is 12.8 Å². The first-order valence-corrected chi connectivity index (χ1v) is 13.4. The van der Waals surface area contributed by atoms with Crippen LogP contribution >= 0.6 is 0 Å². The number of hydrogen-bond acceptors (Lipinski definition) is 5. The van der Waals surface area contributed by atoms with Crippen LogP contribution in [-0.2, 0) is 19.0 Å². The summed E-state index contributed by atoms with van der Waals surface area (Å²) < 4.78 is 15.8. The van der Waals surface area contributed by atoms with E-state index in [2.05, 4.69) is 12.2 Å². The van der Waals surface area contributed by atoms with E-state index in [4.69, 9.17) is 19.3 Å². The van der Waals surface area contributed by atoms with Crippen molar-refractivity contribution in [3.05, 3.63) is 0 Å². The normalized spacial score (nSPS) is 11.2. The van der Waals surface area contributed by atoms with Crippen LogP contribution in [0.1, 0.15) is 110 Å². The summed E-state index contributed by atoms with van der Waals surface area (Å²) in [5.41, 5.74) is 0. The van der Waals surface area contributed by atoms with Crippen LogP contribution in [0.25, 0.3) is 0 Å². The van der Waals surface area contributed by atoms with Gasteiger partial charge in [0, 0.05) is 13.0 Å². The first-order valence-electron chi connectivity index (χ1n) is 13.4. The number of nitrogens with one attached hydrogen (secondary N) is 1. The highest BCUT2D eigenvalue weighted by Crippen LogP contribution is 2.13. The van der Waals surface area contributed by atoms with E-state index in [0.29, 0.717) is 52.6 Å². The van der Waals surface area contributed by atoms with Crippen LogP contribution < -0.4 is 5.32 Å². The van der Waals surface area contributed by atoms with Crippen molar-refractivity contribution in [3.63, 3.8) is 0 Å². The number of hydrogen-bond donors (Lipinski definition) is 2. The third-order valence-electron chi connectivity index (χ3n) is 5.56. The molecule has 0 aliphatic heterocycles. The number of aliphatic hydroxyl groups is 1. The quantitative estimate of drug-likeness (QED) is 0.161. The zero-order valence-corrected chi connectivity index (χ0v) is 21.1. The van der Waals surface area contributed by atoms with Crippen molar-refractivity contribution < 1.29 is 24.1 Å². The van der Waals surface area contributed by atoms with E-state index in [-0.39, 0.29) is 12.5 Å². The van der Waals surface area contributed by atoms with Gasteiger partial charge in [0.2, 0.25) is 5.91 Å². The van der Waals surface area contributed by atoms with Gasteiger partial charge in [0.1, 0.15) is 0 Å². The minimum Gasteiger partial charge on any atom is -0.394 e. The first-order chi connectivity index (χ1) is 15.8. The van der Waals surface area contributed by atoms with E-state index >= 15 is 0 Å². The molecule has 0 aromatic carbocycles. The summed E-state index contributed by atoms with van der Waals surface area (Å²) in [6, 6.07) is 0. The molecule has 1 amide bonds. The van der Waals surface area contributed by atoms with Crippen LogP contribution in [0, 0.1) is 0 Å². The molecule has 0 aromatic heterocycles. The minimum atomic E-state index is 0.0360. The fourth-order valence-corrected chi connectivity index (χ4v) is 3.61. The second-order valence-corrected chi connectivity index (χ2v) is 8.61. The average molecular weight is 460 g/mol. The van der Waals surface area contributed by atoms with E-state index in [1.165, 1.54) is 83.5 Å². The van der Waals surface area contributed by atoms with Crippen LogP contribution in [0.5, 0.6) is 0 Å². The van der Waals surface area contributed by atoms with E-state index in [1.54, 1.807) is 0 Å². The molecule has 0 bridgehead atoms. The first kappa shape index (κ1) is 31.3. The Bertz CT molecular complexity index is 368. The average Bonchev–Trinajstić information content (AvgIpc) is 2.80. The molecule has 0 fully saturated rings. The molecule has 0 spiro atoms. The molecule has 32 heavy (non-hydrogen) atoms. The predicted octanol–water partition coefficient (Wildman–Crippen LogP) is 5.41. The van der Waals surface area contributed by atoms with Crippen molar-refractivity contribution >= 4 is 5.91 Å². The number of unbranched alkanes of at least 4 members (excludes halogenated alkanes) is 14. The summed E-state index contributed by atoms with van der Waals surface area (Å²) in [5, 5.41) is 11.5. The molecule has 0 atom stereocenters. The third-order valence-corrected chi connectivity index (χ3v) is 5.56. The van der Waals surface area contributed by atoms with Crippen molar-refractivity contribution in [2.75, 3.05) is 52.8 Å². The molecule has 6 nitrogen and oxygen atoms in total. The van der Waals surface area contributed by atoms with Crippen LogP contribution in [0.2, 0.25) is 0 Å². The lowest BCUT2D eigenvalue weighted by molar-refractivity contribution is -0.121. The fourth-order valence-electron chi connectivity index (χ4n) is 3.61. The van der Waals surface area contributed by atoms with Gasteiger partial charge >= 0.3 is 0 Å². The number of carbonyl (C=O) groups excluding carboxylic acids is 1. The van der Waals surface area contributed by atoms with Gasteiger partial charge in [0.25, 0.3) is 0 Å². The largest absolute Gasteiger partial charge is 0.394 e. The van der Waals surface area contributed by atoms with Crippen molar-refractivity contribution in [2.45, 2.75) is 110 Å². The molecule has 0 rings (SSSR count). The van der Waals surface area contributed by atoms with E-state index < -0.39 is 0 Å². The van der Waals surface area contributed by atoms with Gasteiger partial charge in [-0.2, -0.15) is 0 Å². The maximum Gasteiger partial charge on any atom is 0.220 e. The lowest BCUT2D eigenvalue weighted by Crippen LogP contribution is -2.27. The van der Waals surface area contributed by atoms with Crippen LogP contribution in [-0.4, -0.2) is 63.8 Å². The van der Waals surface area contributed by atoms with Crippen molar-refractivity contribution in [1.82, 2.24) is 5.32 Å². The Balaban J connectivity index is 3.13. The molecule has 0 aliphatic carbocycles. The summed E-state index contributed by atoms with van der Waals surface area (Å²) in [5.74, 6) is 0.126. The van der Waals surface area contributed by atoms with Gasteiger partial charge in [-0.3, -0.25) is 4.79 Å². The van der Waals surface area contributed by atoms with E-state index in [1.807, 2.05) is 0 Å². The maximum absolute atomic E-state index is 11.8. The summed E-state index contributed by atoms with van der Waals surface area (Å²) >= 11 is 0. The molecule has 0 aliphatic rings. The van der Waals surface area contributed by atoms with Gasteiger partial charge < -0.3 is 24.6 Å². The van der Waals surface area contributed by atoms with Gasteiger partial charge in [-0.25, -0.2) is 0 Å². The molecular weight excluding hydrogens is 406 g/mol. The minimum absolute atomic E-state index is 0.0360. The highest BCUT2D eigenvalue weighted by atomic mass is 16.5. The SMILES string of the molecule is CCCCCCCCCCCCCCCCCC(=O)NCCOCCOCCOCCO. The molecule has 0 saturated carbocycles. The summed E-state index contributed by atoms with van der Waals surface area (Å²) in [6.45, 7) is 5.72. The van der Waals surface area contributed by atoms with Gasteiger partial charge in [-0.05, 0) is 6.42 Å². The molecule has 0 unspecified atom stereocenters. The Labute approximate surface area is 198 Å². The highest BCUT2D eigenvalue weighted by molar-refractivity contribution is 5.75. The summed E-state index contributed by atoms with van der Waals surface area (Å²) in [4.78, 5) is 11.8. The second-order valence-electron chi connectivity index (χ2n) is 8.61. The molecule has 0 heterocycles. The summed E-state index contributed by atoms with van der Waals surface area (Å²) in [7, 11) is 0. The predicted molar refractivity (Wildman–Crippen MR) is 132 cm³/mol. The smallest absolute Gasteiger partial charge is 0.220 e. The van der Waals surface area contributed by atoms with Crippen molar-refractivity contribution in [1.29, 1.82) is 0 Å². The molecule has 0 radical (unpaired) electrons. The van der Waals surface area contributed by atoms with Crippen LogP contribution in [0.3, 0.4) is 0 Å². The maximum atomic E-state index is 11.8. The Morgan fingerprint density at radius 3 is 1.47 bits per heavy atom. The number of amides is 1. The van der Waals surface area contributed by atoms with Gasteiger partial charge in [0.05, 0.1) is 46.2 Å².